The summed E-state index contributed by atoms with van der Waals surface area (Å²) in [4.78, 5) is 3.60. The predicted octanol–water partition coefficient (Wildman–Crippen LogP) is 3.49. The summed E-state index contributed by atoms with van der Waals surface area (Å²) in [5.41, 5.74) is 4.09. The number of benzene rings is 1. The van der Waals surface area contributed by atoms with Crippen LogP contribution in [-0.4, -0.2) is 4.98 Å². The van der Waals surface area contributed by atoms with Crippen LogP contribution in [0.25, 0.3) is 11.1 Å². The first-order chi connectivity index (χ1) is 8.39. The molecule has 0 fully saturated rings. The average Bonchev–Trinajstić information content (AvgIpc) is 2.28. The fourth-order valence-electron chi connectivity index (χ4n) is 1.61. The third-order valence-corrected chi connectivity index (χ3v) is 2.41. The third-order valence-electron chi connectivity index (χ3n) is 2.41. The highest BCUT2D eigenvalue weighted by atomic mass is 19.4. The fourth-order valence-corrected chi connectivity index (χ4v) is 1.61. The number of hydrogen-bond acceptors (Lipinski definition) is 2. The molecule has 0 aliphatic carbocycles. The molecule has 2 rings (SSSR count). The summed E-state index contributed by atoms with van der Waals surface area (Å²) in [6, 6.07) is 4.33. The van der Waals surface area contributed by atoms with Crippen LogP contribution in [0.5, 0.6) is 0 Å². The van der Waals surface area contributed by atoms with E-state index in [1.165, 1.54) is 12.1 Å². The van der Waals surface area contributed by atoms with Crippen molar-refractivity contribution in [3.8, 4) is 11.1 Å². The monoisotopic (exact) mass is 256 g/mol. The molecule has 0 saturated carbocycles. The maximum atomic E-state index is 13.6. The minimum absolute atomic E-state index is 0.147. The van der Waals surface area contributed by atoms with Crippen molar-refractivity contribution in [1.29, 1.82) is 0 Å². The summed E-state index contributed by atoms with van der Waals surface area (Å²) in [5, 5.41) is 0. The van der Waals surface area contributed by atoms with E-state index in [0.717, 1.165) is 24.5 Å². The van der Waals surface area contributed by atoms with Gasteiger partial charge >= 0.3 is 6.18 Å². The number of hydrogen-bond donors (Lipinski definition) is 1. The van der Waals surface area contributed by atoms with Crippen molar-refractivity contribution in [2.24, 2.45) is 0 Å². The lowest BCUT2D eigenvalue weighted by Gasteiger charge is -2.12. The van der Waals surface area contributed by atoms with Crippen molar-refractivity contribution >= 4 is 5.69 Å². The van der Waals surface area contributed by atoms with Crippen molar-refractivity contribution in [2.75, 3.05) is 5.73 Å². The van der Waals surface area contributed by atoms with Gasteiger partial charge in [0.1, 0.15) is 5.82 Å². The molecule has 0 spiro atoms. The highest BCUT2D eigenvalue weighted by Crippen LogP contribution is 2.37. The summed E-state index contributed by atoms with van der Waals surface area (Å²) in [5.74, 6) is -0.812. The molecule has 2 nitrogen and oxygen atoms in total. The van der Waals surface area contributed by atoms with Crippen LogP contribution in [0.15, 0.2) is 36.7 Å². The molecule has 1 heterocycles. The molecule has 0 aliphatic heterocycles. The molecule has 2 N–H and O–H groups in total. The number of nitrogens with two attached hydrogens (primary N) is 1. The minimum Gasteiger partial charge on any atom is -0.399 e. The van der Waals surface area contributed by atoms with Crippen molar-refractivity contribution in [1.82, 2.24) is 4.98 Å². The van der Waals surface area contributed by atoms with Gasteiger partial charge in [0, 0.05) is 29.2 Å². The van der Waals surface area contributed by atoms with Crippen molar-refractivity contribution in [3.05, 3.63) is 48.0 Å². The lowest BCUT2D eigenvalue weighted by atomic mass is 10.0. The van der Waals surface area contributed by atoms with Crippen LogP contribution in [0.2, 0.25) is 0 Å². The first-order valence-electron chi connectivity index (χ1n) is 4.96. The van der Waals surface area contributed by atoms with E-state index in [1.807, 2.05) is 0 Å². The number of nitrogens with zero attached hydrogens (tertiary/aromatic N) is 1. The van der Waals surface area contributed by atoms with E-state index in [0.29, 0.717) is 0 Å². The second-order valence-electron chi connectivity index (χ2n) is 3.66. The Bertz CT molecular complexity index is 579. The van der Waals surface area contributed by atoms with Gasteiger partial charge < -0.3 is 5.73 Å². The SMILES string of the molecule is Nc1ccc(-c2cnccc2C(F)(F)F)c(F)c1. The maximum absolute atomic E-state index is 13.6. The number of anilines is 1. The quantitative estimate of drug-likeness (QED) is 0.626. The third kappa shape index (κ3) is 2.27. The second kappa shape index (κ2) is 4.29. The number of alkyl halides is 3. The molecule has 6 heteroatoms. The molecule has 0 amide bonds. The molecule has 94 valence electrons. The molecular formula is C12H8F4N2. The maximum Gasteiger partial charge on any atom is 0.417 e. The van der Waals surface area contributed by atoms with Crippen LogP contribution in [0.1, 0.15) is 5.56 Å². The summed E-state index contributed by atoms with van der Waals surface area (Å²) < 4.78 is 51.9. The van der Waals surface area contributed by atoms with E-state index in [9.17, 15) is 17.6 Å². The van der Waals surface area contributed by atoms with E-state index in [1.54, 1.807) is 0 Å². The molecule has 0 saturated heterocycles. The predicted molar refractivity (Wildman–Crippen MR) is 59.0 cm³/mol. The number of rotatable bonds is 1. The van der Waals surface area contributed by atoms with Gasteiger partial charge in [0.25, 0.3) is 0 Å². The summed E-state index contributed by atoms with van der Waals surface area (Å²) >= 11 is 0. The largest absolute Gasteiger partial charge is 0.417 e. The van der Waals surface area contributed by atoms with Crippen LogP contribution < -0.4 is 5.73 Å². The Balaban J connectivity index is 2.64. The van der Waals surface area contributed by atoms with E-state index >= 15 is 0 Å². The Hall–Kier alpha value is -2.11. The van der Waals surface area contributed by atoms with Crippen LogP contribution >= 0.6 is 0 Å². The van der Waals surface area contributed by atoms with Gasteiger partial charge in [-0.15, -0.1) is 0 Å². The average molecular weight is 256 g/mol. The molecule has 0 aliphatic rings. The lowest BCUT2D eigenvalue weighted by molar-refractivity contribution is -0.137. The standard InChI is InChI=1S/C12H8F4N2/c13-11-5-7(17)1-2-8(11)9-6-18-4-3-10(9)12(14,15)16/h1-6H,17H2. The van der Waals surface area contributed by atoms with Crippen molar-refractivity contribution in [3.63, 3.8) is 0 Å². The molecular weight excluding hydrogens is 248 g/mol. The van der Waals surface area contributed by atoms with E-state index < -0.39 is 17.6 Å². The summed E-state index contributed by atoms with van der Waals surface area (Å²) in [7, 11) is 0. The Morgan fingerprint density at radius 1 is 1.06 bits per heavy atom. The van der Waals surface area contributed by atoms with Crippen LogP contribution in [0.4, 0.5) is 23.2 Å². The molecule has 0 radical (unpaired) electrons. The zero-order chi connectivity index (χ0) is 13.3. The topological polar surface area (TPSA) is 38.9 Å². The normalized spacial score (nSPS) is 11.6. The van der Waals surface area contributed by atoms with Gasteiger partial charge in [-0.05, 0) is 24.3 Å². The van der Waals surface area contributed by atoms with E-state index in [2.05, 4.69) is 4.98 Å². The minimum atomic E-state index is -4.56. The Morgan fingerprint density at radius 3 is 2.39 bits per heavy atom. The van der Waals surface area contributed by atoms with E-state index in [4.69, 9.17) is 5.73 Å². The number of nitrogen functional groups attached to an aromatic ring is 1. The first kappa shape index (κ1) is 12.3. The number of halogens is 4. The smallest absolute Gasteiger partial charge is 0.399 e. The zero-order valence-electron chi connectivity index (χ0n) is 9.00. The van der Waals surface area contributed by atoms with Crippen molar-refractivity contribution in [2.45, 2.75) is 6.18 Å². The Labute approximate surface area is 100 Å². The molecule has 0 bridgehead atoms. The van der Waals surface area contributed by atoms with Gasteiger partial charge in [0.2, 0.25) is 0 Å². The van der Waals surface area contributed by atoms with Gasteiger partial charge in [-0.2, -0.15) is 13.2 Å². The van der Waals surface area contributed by atoms with Gasteiger partial charge in [-0.1, -0.05) is 0 Å². The highest BCUT2D eigenvalue weighted by molar-refractivity contribution is 5.69. The van der Waals surface area contributed by atoms with E-state index in [-0.39, 0.29) is 16.8 Å². The first-order valence-corrected chi connectivity index (χ1v) is 4.96. The Kier molecular flexibility index (Phi) is 2.94. The van der Waals surface area contributed by atoms with Gasteiger partial charge in [0.05, 0.1) is 5.56 Å². The molecule has 0 unspecified atom stereocenters. The lowest BCUT2D eigenvalue weighted by Crippen LogP contribution is -2.08. The zero-order valence-corrected chi connectivity index (χ0v) is 9.00. The van der Waals surface area contributed by atoms with Gasteiger partial charge in [-0.3, -0.25) is 4.98 Å². The van der Waals surface area contributed by atoms with Crippen LogP contribution in [-0.2, 0) is 6.18 Å². The second-order valence-corrected chi connectivity index (χ2v) is 3.66. The fraction of sp³-hybridized carbons (Fsp3) is 0.0833. The highest BCUT2D eigenvalue weighted by Gasteiger charge is 2.34. The van der Waals surface area contributed by atoms with Crippen LogP contribution in [0, 0.1) is 5.82 Å². The van der Waals surface area contributed by atoms with Crippen molar-refractivity contribution < 1.29 is 17.6 Å². The summed E-state index contributed by atoms with van der Waals surface area (Å²) in [6.07, 6.45) is -2.56. The Morgan fingerprint density at radius 2 is 1.78 bits per heavy atom. The number of pyridine rings is 1. The number of aromatic nitrogens is 1. The van der Waals surface area contributed by atoms with Gasteiger partial charge in [-0.25, -0.2) is 4.39 Å². The molecule has 1 aromatic carbocycles. The summed E-state index contributed by atoms with van der Waals surface area (Å²) in [6.45, 7) is 0. The molecule has 2 aromatic rings. The molecule has 18 heavy (non-hydrogen) atoms. The molecule has 1 aromatic heterocycles. The van der Waals surface area contributed by atoms with Gasteiger partial charge in [0.15, 0.2) is 0 Å². The molecule has 0 atom stereocenters. The van der Waals surface area contributed by atoms with Crippen LogP contribution in [0.3, 0.4) is 0 Å².